The van der Waals surface area contributed by atoms with Gasteiger partial charge in [-0.3, -0.25) is 9.10 Å². The van der Waals surface area contributed by atoms with Crippen LogP contribution in [0.2, 0.25) is 0 Å². The Hall–Kier alpha value is -3.52. The number of amides is 1. The standard InChI is InChI=1S/C26H26N2O5S/c1-27(21-8-3-2-4-9-21)34(30,31)22-10-5-7-20(17-22)26(29)28-14-6-11-23(28)19-12-13-24-25(18-19)33-16-15-32-24/h2-5,7-10,12-13,17-18,23H,6,11,14-16H2,1H3/t23-/m0/s1. The Balaban J connectivity index is 1.41. The SMILES string of the molecule is CN(c1ccccc1)S(=O)(=O)c1cccc(C(=O)N2CCC[C@H]2c2ccc3c(c2)OCCO3)c1. The lowest BCUT2D eigenvalue weighted by molar-refractivity contribution is 0.0735. The van der Waals surface area contributed by atoms with E-state index >= 15 is 0 Å². The summed E-state index contributed by atoms with van der Waals surface area (Å²) >= 11 is 0. The van der Waals surface area contributed by atoms with Crippen molar-refractivity contribution in [3.8, 4) is 11.5 Å². The first-order valence-electron chi connectivity index (χ1n) is 11.3. The zero-order valence-electron chi connectivity index (χ0n) is 18.9. The fraction of sp³-hybridized carbons (Fsp3) is 0.269. The molecule has 2 heterocycles. The van der Waals surface area contributed by atoms with Gasteiger partial charge in [0, 0.05) is 19.2 Å². The second kappa shape index (κ2) is 9.02. The number of nitrogens with zero attached hydrogens (tertiary/aromatic N) is 2. The molecule has 0 aromatic heterocycles. The van der Waals surface area contributed by atoms with Crippen LogP contribution in [0, 0.1) is 0 Å². The summed E-state index contributed by atoms with van der Waals surface area (Å²) in [5.74, 6) is 1.23. The lowest BCUT2D eigenvalue weighted by atomic mass is 10.0. The highest BCUT2D eigenvalue weighted by atomic mass is 32.2. The highest BCUT2D eigenvalue weighted by Crippen LogP contribution is 2.38. The van der Waals surface area contributed by atoms with Gasteiger partial charge in [-0.15, -0.1) is 0 Å². The van der Waals surface area contributed by atoms with Crippen molar-refractivity contribution in [3.63, 3.8) is 0 Å². The molecule has 2 aliphatic rings. The molecule has 1 atom stereocenters. The van der Waals surface area contributed by atoms with Crippen molar-refractivity contribution in [2.24, 2.45) is 0 Å². The van der Waals surface area contributed by atoms with Gasteiger partial charge in [0.05, 0.1) is 16.6 Å². The molecule has 0 bridgehead atoms. The number of rotatable bonds is 5. The van der Waals surface area contributed by atoms with Crippen LogP contribution < -0.4 is 13.8 Å². The number of para-hydroxylation sites is 1. The Kier molecular flexibility index (Phi) is 5.91. The molecular weight excluding hydrogens is 452 g/mol. The monoisotopic (exact) mass is 478 g/mol. The molecule has 176 valence electrons. The van der Waals surface area contributed by atoms with E-state index in [-0.39, 0.29) is 16.8 Å². The van der Waals surface area contributed by atoms with E-state index in [2.05, 4.69) is 0 Å². The van der Waals surface area contributed by atoms with E-state index in [0.29, 0.717) is 42.5 Å². The van der Waals surface area contributed by atoms with Gasteiger partial charge >= 0.3 is 0 Å². The van der Waals surface area contributed by atoms with Crippen molar-refractivity contribution < 1.29 is 22.7 Å². The molecule has 0 radical (unpaired) electrons. The summed E-state index contributed by atoms with van der Waals surface area (Å²) < 4.78 is 39.0. The smallest absolute Gasteiger partial charge is 0.264 e. The first kappa shape index (κ1) is 22.3. The average molecular weight is 479 g/mol. The third-order valence-corrected chi connectivity index (χ3v) is 8.11. The van der Waals surface area contributed by atoms with Crippen molar-refractivity contribution in [2.45, 2.75) is 23.8 Å². The highest BCUT2D eigenvalue weighted by molar-refractivity contribution is 7.92. The van der Waals surface area contributed by atoms with E-state index in [4.69, 9.17) is 9.47 Å². The number of hydrogen-bond donors (Lipinski definition) is 0. The summed E-state index contributed by atoms with van der Waals surface area (Å²) in [5, 5.41) is 0. The predicted molar refractivity (Wildman–Crippen MR) is 129 cm³/mol. The second-order valence-corrected chi connectivity index (χ2v) is 10.4. The van der Waals surface area contributed by atoms with Gasteiger partial charge in [0.15, 0.2) is 11.5 Å². The molecular formula is C26H26N2O5S. The Morgan fingerprint density at radius 1 is 0.941 bits per heavy atom. The summed E-state index contributed by atoms with van der Waals surface area (Å²) in [4.78, 5) is 15.4. The largest absolute Gasteiger partial charge is 0.486 e. The van der Waals surface area contributed by atoms with Crippen LogP contribution in [0.1, 0.15) is 34.8 Å². The number of sulfonamides is 1. The van der Waals surface area contributed by atoms with Gasteiger partial charge in [-0.25, -0.2) is 8.42 Å². The van der Waals surface area contributed by atoms with E-state index in [1.165, 1.54) is 23.5 Å². The van der Waals surface area contributed by atoms with Gasteiger partial charge < -0.3 is 14.4 Å². The van der Waals surface area contributed by atoms with Crippen LogP contribution in [0.3, 0.4) is 0 Å². The molecule has 1 fully saturated rings. The van der Waals surface area contributed by atoms with Gasteiger partial charge in [-0.1, -0.05) is 30.3 Å². The van der Waals surface area contributed by atoms with Gasteiger partial charge in [0.2, 0.25) is 0 Å². The number of ether oxygens (including phenoxy) is 2. The molecule has 7 nitrogen and oxygen atoms in total. The Morgan fingerprint density at radius 3 is 2.50 bits per heavy atom. The van der Waals surface area contributed by atoms with Gasteiger partial charge in [-0.2, -0.15) is 0 Å². The van der Waals surface area contributed by atoms with Crippen LogP contribution in [0.4, 0.5) is 5.69 Å². The molecule has 3 aromatic rings. The van der Waals surface area contributed by atoms with Crippen molar-refractivity contribution in [1.29, 1.82) is 0 Å². The lowest BCUT2D eigenvalue weighted by Crippen LogP contribution is -2.31. The molecule has 2 aliphatic heterocycles. The first-order valence-corrected chi connectivity index (χ1v) is 12.7. The normalized spacial score (nSPS) is 17.4. The molecule has 0 aliphatic carbocycles. The topological polar surface area (TPSA) is 76.2 Å². The second-order valence-electron chi connectivity index (χ2n) is 8.40. The van der Waals surface area contributed by atoms with Crippen LogP contribution >= 0.6 is 0 Å². The Labute approximate surface area is 199 Å². The van der Waals surface area contributed by atoms with Gasteiger partial charge in [0.1, 0.15) is 13.2 Å². The molecule has 5 rings (SSSR count). The average Bonchev–Trinajstić information content (AvgIpc) is 3.38. The molecule has 0 unspecified atom stereocenters. The minimum Gasteiger partial charge on any atom is -0.486 e. The number of hydrogen-bond acceptors (Lipinski definition) is 5. The summed E-state index contributed by atoms with van der Waals surface area (Å²) in [5.41, 5.74) is 1.90. The van der Waals surface area contributed by atoms with Gasteiger partial charge in [0.25, 0.3) is 15.9 Å². The van der Waals surface area contributed by atoms with Crippen LogP contribution in [-0.4, -0.2) is 46.0 Å². The fourth-order valence-corrected chi connectivity index (χ4v) is 5.76. The minimum atomic E-state index is -3.82. The van der Waals surface area contributed by atoms with Crippen molar-refractivity contribution in [1.82, 2.24) is 4.90 Å². The van der Waals surface area contributed by atoms with E-state index in [1.54, 1.807) is 36.4 Å². The van der Waals surface area contributed by atoms with Crippen LogP contribution in [-0.2, 0) is 10.0 Å². The number of carbonyl (C=O) groups excluding carboxylic acids is 1. The molecule has 8 heteroatoms. The Morgan fingerprint density at radius 2 is 1.71 bits per heavy atom. The van der Waals surface area contributed by atoms with Crippen molar-refractivity contribution in [3.05, 3.63) is 83.9 Å². The first-order chi connectivity index (χ1) is 16.4. The summed E-state index contributed by atoms with van der Waals surface area (Å²) in [6.45, 7) is 1.64. The fourth-order valence-electron chi connectivity index (χ4n) is 4.51. The third kappa shape index (κ3) is 4.09. The molecule has 1 saturated heterocycles. The minimum absolute atomic E-state index is 0.0831. The molecule has 0 saturated carbocycles. The third-order valence-electron chi connectivity index (χ3n) is 6.32. The van der Waals surface area contributed by atoms with E-state index in [1.807, 2.05) is 29.2 Å². The number of carbonyl (C=O) groups is 1. The lowest BCUT2D eigenvalue weighted by Gasteiger charge is -2.27. The number of likely N-dealkylation sites (tertiary alicyclic amines) is 1. The van der Waals surface area contributed by atoms with Crippen molar-refractivity contribution in [2.75, 3.05) is 31.1 Å². The van der Waals surface area contributed by atoms with Crippen molar-refractivity contribution >= 4 is 21.6 Å². The molecule has 1 amide bonds. The predicted octanol–water partition coefficient (Wildman–Crippen LogP) is 4.26. The number of fused-ring (bicyclic) bond motifs is 1. The molecule has 0 N–H and O–H groups in total. The zero-order chi connectivity index (χ0) is 23.7. The molecule has 3 aromatic carbocycles. The van der Waals surface area contributed by atoms with Crippen LogP contribution in [0.25, 0.3) is 0 Å². The summed E-state index contributed by atoms with van der Waals surface area (Å²) in [7, 11) is -2.30. The van der Waals surface area contributed by atoms with E-state index < -0.39 is 10.0 Å². The maximum atomic E-state index is 13.5. The van der Waals surface area contributed by atoms with E-state index in [0.717, 1.165) is 18.4 Å². The maximum absolute atomic E-state index is 13.5. The van der Waals surface area contributed by atoms with Gasteiger partial charge in [-0.05, 0) is 60.9 Å². The Bertz CT molecular complexity index is 1310. The number of benzene rings is 3. The molecule has 34 heavy (non-hydrogen) atoms. The summed E-state index contributed by atoms with van der Waals surface area (Å²) in [6.07, 6.45) is 1.71. The quantitative estimate of drug-likeness (QED) is 0.548. The van der Waals surface area contributed by atoms with Crippen LogP contribution in [0.5, 0.6) is 11.5 Å². The number of anilines is 1. The highest BCUT2D eigenvalue weighted by Gasteiger charge is 2.32. The zero-order valence-corrected chi connectivity index (χ0v) is 19.7. The summed E-state index contributed by atoms with van der Waals surface area (Å²) in [6, 6.07) is 20.8. The molecule has 0 spiro atoms. The van der Waals surface area contributed by atoms with E-state index in [9.17, 15) is 13.2 Å². The maximum Gasteiger partial charge on any atom is 0.264 e. The van der Waals surface area contributed by atoms with Crippen LogP contribution in [0.15, 0.2) is 77.7 Å².